The molecule has 5 aromatic rings. The number of allylic oxidation sites excluding steroid dienone is 5. The minimum absolute atomic E-state index is 0.0425. The molecule has 48 heavy (non-hydrogen) atoms. The second kappa shape index (κ2) is 12.5. The van der Waals surface area contributed by atoms with Gasteiger partial charge in [0.2, 0.25) is 0 Å². The summed E-state index contributed by atoms with van der Waals surface area (Å²) in [4.78, 5) is 3.78. The van der Waals surface area contributed by atoms with Crippen molar-refractivity contribution in [1.29, 1.82) is 0 Å². The molecule has 0 amide bonds. The number of hydrogen-bond acceptors (Lipinski definition) is 6. The minimum atomic E-state index is -4.77. The highest BCUT2D eigenvalue weighted by atomic mass is 32.2. The van der Waals surface area contributed by atoms with E-state index in [0.717, 1.165) is 33.3 Å². The summed E-state index contributed by atoms with van der Waals surface area (Å²) >= 11 is 0. The first-order valence-electron chi connectivity index (χ1n) is 15.0. The van der Waals surface area contributed by atoms with Gasteiger partial charge in [-0.15, -0.1) is 0 Å². The number of hydrogen-bond donors (Lipinski definition) is 3. The third-order valence-electron chi connectivity index (χ3n) is 8.50. The van der Waals surface area contributed by atoms with Crippen molar-refractivity contribution in [1.82, 2.24) is 4.57 Å². The largest absolute Gasteiger partial charge is 0.354 e. The Labute approximate surface area is 279 Å². The van der Waals surface area contributed by atoms with Crippen LogP contribution in [0.2, 0.25) is 0 Å². The van der Waals surface area contributed by atoms with Crippen LogP contribution in [0.3, 0.4) is 0 Å². The van der Waals surface area contributed by atoms with Gasteiger partial charge < -0.3 is 9.88 Å². The molecule has 1 aliphatic carbocycles. The zero-order valence-corrected chi connectivity index (χ0v) is 28.3. The maximum Gasteiger partial charge on any atom is 0.296 e. The summed E-state index contributed by atoms with van der Waals surface area (Å²) in [6, 6.07) is 26.9. The molecular formula is C37H33N3O6S2. The molecule has 0 spiro atoms. The Bertz CT molecular complexity index is 2470. The van der Waals surface area contributed by atoms with Crippen LogP contribution in [-0.2, 0) is 27.3 Å². The van der Waals surface area contributed by atoms with Crippen LogP contribution in [0.4, 0.5) is 17.1 Å². The third kappa shape index (κ3) is 6.28. The monoisotopic (exact) mass is 679 g/mol. The number of aromatic nitrogens is 1. The highest BCUT2D eigenvalue weighted by Gasteiger charge is 2.27. The number of benzene rings is 4. The molecule has 4 aromatic carbocycles. The number of para-hydroxylation sites is 3. The molecule has 1 aromatic heterocycles. The van der Waals surface area contributed by atoms with Gasteiger partial charge in [-0.3, -0.25) is 9.11 Å². The van der Waals surface area contributed by atoms with Crippen LogP contribution < -0.4 is 5.32 Å². The van der Waals surface area contributed by atoms with E-state index in [1.54, 1.807) is 36.4 Å². The van der Waals surface area contributed by atoms with Gasteiger partial charge in [0.15, 0.2) is 0 Å². The van der Waals surface area contributed by atoms with Gasteiger partial charge in [0.1, 0.15) is 9.80 Å². The SMILES string of the molecule is Cc1ccccc1N=C1C=C/C(=C(/c2ccc(Nc3ccccc3C)c(S(=O)(=O)O)c2)c2c(C)n(C)c3ccccc23)C=C1S(=O)(=O)O. The molecule has 0 radical (unpaired) electrons. The van der Waals surface area contributed by atoms with E-state index in [0.29, 0.717) is 28.1 Å². The standard InChI is InChI=1S/C37H33N3O6S2/c1-23-11-5-8-14-29(23)38-31-19-17-26(21-34(31)47(41,42)43)37(36-25(3)40(4)33-16-10-7-13-28(33)36)27-18-20-32(35(22-27)48(44,45)46)39-30-15-9-6-12-24(30)2/h5-22,38H,1-4H3,(H,41,42,43)(H,44,45,46)/b37-27+,39-32?. The van der Waals surface area contributed by atoms with Gasteiger partial charge >= 0.3 is 0 Å². The summed E-state index contributed by atoms with van der Waals surface area (Å²) in [5.41, 5.74) is 6.80. The van der Waals surface area contributed by atoms with Crippen LogP contribution in [0, 0.1) is 20.8 Å². The molecule has 0 unspecified atom stereocenters. The summed E-state index contributed by atoms with van der Waals surface area (Å²) in [5.74, 6) is 0. The molecule has 9 nitrogen and oxygen atoms in total. The molecular weight excluding hydrogens is 647 g/mol. The van der Waals surface area contributed by atoms with Crippen LogP contribution in [0.1, 0.15) is 27.9 Å². The van der Waals surface area contributed by atoms with Crippen molar-refractivity contribution < 1.29 is 25.9 Å². The van der Waals surface area contributed by atoms with E-state index in [9.17, 15) is 25.9 Å². The first-order chi connectivity index (χ1) is 22.7. The fraction of sp³-hybridized carbons (Fsp3) is 0.108. The minimum Gasteiger partial charge on any atom is -0.354 e. The Morgan fingerprint density at radius 3 is 2.10 bits per heavy atom. The summed E-state index contributed by atoms with van der Waals surface area (Å²) < 4.78 is 74.3. The van der Waals surface area contributed by atoms with Crippen molar-refractivity contribution in [2.24, 2.45) is 12.0 Å². The number of nitrogens with zero attached hydrogens (tertiary/aromatic N) is 2. The molecule has 0 aliphatic heterocycles. The second-order valence-corrected chi connectivity index (χ2v) is 14.4. The predicted molar refractivity (Wildman–Crippen MR) is 191 cm³/mol. The molecule has 244 valence electrons. The molecule has 0 atom stereocenters. The molecule has 1 heterocycles. The van der Waals surface area contributed by atoms with Gasteiger partial charge in [-0.25, -0.2) is 4.99 Å². The van der Waals surface area contributed by atoms with E-state index in [-0.39, 0.29) is 16.3 Å². The summed E-state index contributed by atoms with van der Waals surface area (Å²) in [7, 11) is -7.60. The van der Waals surface area contributed by atoms with Crippen LogP contribution in [-0.4, -0.2) is 36.2 Å². The Kier molecular flexibility index (Phi) is 8.56. The first-order valence-corrected chi connectivity index (χ1v) is 17.9. The lowest BCUT2D eigenvalue weighted by Crippen LogP contribution is -2.14. The zero-order chi connectivity index (χ0) is 34.4. The van der Waals surface area contributed by atoms with Crippen LogP contribution >= 0.6 is 0 Å². The Balaban J connectivity index is 1.66. The average Bonchev–Trinajstić information content (AvgIpc) is 3.29. The van der Waals surface area contributed by atoms with Gasteiger partial charge in [-0.1, -0.05) is 66.7 Å². The Morgan fingerprint density at radius 1 is 0.750 bits per heavy atom. The quantitative estimate of drug-likeness (QED) is 0.148. The van der Waals surface area contributed by atoms with Gasteiger partial charge in [0.05, 0.1) is 17.1 Å². The third-order valence-corrected chi connectivity index (χ3v) is 10.3. The summed E-state index contributed by atoms with van der Waals surface area (Å²) in [6.07, 6.45) is 4.55. The molecule has 6 rings (SSSR count). The maximum atomic E-state index is 12.9. The van der Waals surface area contributed by atoms with E-state index in [1.165, 1.54) is 18.2 Å². The van der Waals surface area contributed by atoms with E-state index < -0.39 is 25.1 Å². The Hall–Kier alpha value is -5.07. The average molecular weight is 680 g/mol. The predicted octanol–water partition coefficient (Wildman–Crippen LogP) is 8.01. The van der Waals surface area contributed by atoms with E-state index in [2.05, 4.69) is 10.3 Å². The Morgan fingerprint density at radius 2 is 1.42 bits per heavy atom. The lowest BCUT2D eigenvalue weighted by Gasteiger charge is -2.19. The number of nitrogens with one attached hydrogen (secondary N) is 1. The molecule has 1 aliphatic rings. The van der Waals surface area contributed by atoms with Gasteiger partial charge in [0, 0.05) is 34.9 Å². The molecule has 3 N–H and O–H groups in total. The van der Waals surface area contributed by atoms with E-state index in [1.807, 2.05) is 87.0 Å². The molecule has 0 bridgehead atoms. The summed E-state index contributed by atoms with van der Waals surface area (Å²) in [6.45, 7) is 5.64. The van der Waals surface area contributed by atoms with E-state index in [4.69, 9.17) is 0 Å². The van der Waals surface area contributed by atoms with Crippen LogP contribution in [0.5, 0.6) is 0 Å². The summed E-state index contributed by atoms with van der Waals surface area (Å²) in [5, 5.41) is 3.96. The van der Waals surface area contributed by atoms with Crippen molar-refractivity contribution in [2.75, 3.05) is 5.32 Å². The first kappa shape index (κ1) is 32.9. The second-order valence-electron chi connectivity index (χ2n) is 11.6. The number of fused-ring (bicyclic) bond motifs is 1. The highest BCUT2D eigenvalue weighted by Crippen LogP contribution is 2.41. The lowest BCUT2D eigenvalue weighted by molar-refractivity contribution is 0.483. The fourth-order valence-electron chi connectivity index (χ4n) is 5.93. The van der Waals surface area contributed by atoms with Crippen LogP contribution in [0.15, 0.2) is 130 Å². The van der Waals surface area contributed by atoms with Crippen molar-refractivity contribution >= 4 is 59.5 Å². The smallest absolute Gasteiger partial charge is 0.296 e. The van der Waals surface area contributed by atoms with Gasteiger partial charge in [0.25, 0.3) is 20.2 Å². The number of aryl methyl sites for hydroxylation is 3. The van der Waals surface area contributed by atoms with Crippen molar-refractivity contribution in [3.05, 3.63) is 148 Å². The topological polar surface area (TPSA) is 138 Å². The van der Waals surface area contributed by atoms with Gasteiger partial charge in [-0.2, -0.15) is 16.8 Å². The lowest BCUT2D eigenvalue weighted by atomic mass is 9.89. The van der Waals surface area contributed by atoms with Gasteiger partial charge in [-0.05, 0) is 91.1 Å². The highest BCUT2D eigenvalue weighted by molar-refractivity contribution is 7.91. The van der Waals surface area contributed by atoms with Crippen molar-refractivity contribution in [3.8, 4) is 0 Å². The van der Waals surface area contributed by atoms with E-state index >= 15 is 0 Å². The van der Waals surface area contributed by atoms with Crippen molar-refractivity contribution in [2.45, 2.75) is 25.7 Å². The van der Waals surface area contributed by atoms with Crippen molar-refractivity contribution in [3.63, 3.8) is 0 Å². The van der Waals surface area contributed by atoms with Crippen LogP contribution in [0.25, 0.3) is 16.5 Å². The molecule has 11 heteroatoms. The fourth-order valence-corrected chi connectivity index (χ4v) is 7.26. The number of aliphatic imine (C=N–C) groups is 1. The zero-order valence-electron chi connectivity index (χ0n) is 26.6. The maximum absolute atomic E-state index is 12.9. The number of rotatable bonds is 7. The normalized spacial score (nSPS) is 15.5. The molecule has 0 saturated carbocycles. The molecule has 0 saturated heterocycles. The molecule has 0 fully saturated rings. The number of anilines is 2.